The van der Waals surface area contributed by atoms with Gasteiger partial charge in [-0.3, -0.25) is 9.59 Å². The number of amides is 1. The topological polar surface area (TPSA) is 68.9 Å². The fraction of sp³-hybridized carbons (Fsp3) is 0.250. The summed E-state index contributed by atoms with van der Waals surface area (Å²) in [6.07, 6.45) is 8.94. The minimum Gasteiger partial charge on any atom is -0.343 e. The van der Waals surface area contributed by atoms with Crippen molar-refractivity contribution >= 4 is 5.91 Å². The average Bonchev–Trinajstić information content (AvgIpc) is 3.18. The van der Waals surface area contributed by atoms with Gasteiger partial charge in [-0.05, 0) is 30.0 Å². The molecular formula is C20H20N4O2. The number of pyridine rings is 1. The van der Waals surface area contributed by atoms with Gasteiger partial charge in [0, 0.05) is 37.3 Å². The summed E-state index contributed by atoms with van der Waals surface area (Å²) in [6, 6.07) is 11.1. The number of nitrogens with one attached hydrogen (secondary N) is 1. The predicted octanol–water partition coefficient (Wildman–Crippen LogP) is 2.24. The summed E-state index contributed by atoms with van der Waals surface area (Å²) < 4.78 is 3.49. The molecule has 6 heteroatoms. The number of rotatable bonds is 3. The molecule has 1 N–H and O–H groups in total. The first-order valence-electron chi connectivity index (χ1n) is 8.66. The minimum atomic E-state index is -0.241. The molecule has 3 aromatic rings. The highest BCUT2D eigenvalue weighted by Gasteiger charge is 2.31. The number of aryl methyl sites for hydroxylation is 2. The van der Waals surface area contributed by atoms with Crippen molar-refractivity contribution in [3.8, 4) is 0 Å². The van der Waals surface area contributed by atoms with E-state index in [4.69, 9.17) is 0 Å². The number of hydrogen-bond acceptors (Lipinski definition) is 3. The smallest absolute Gasteiger partial charge is 0.252 e. The molecule has 4 rings (SSSR count). The predicted molar refractivity (Wildman–Crippen MR) is 97.9 cm³/mol. The van der Waals surface area contributed by atoms with Crippen LogP contribution in [-0.2, 0) is 13.5 Å². The molecule has 0 radical (unpaired) electrons. The van der Waals surface area contributed by atoms with Crippen molar-refractivity contribution in [2.24, 2.45) is 7.05 Å². The van der Waals surface area contributed by atoms with Crippen LogP contribution in [0.1, 0.15) is 40.0 Å². The third-order valence-electron chi connectivity index (χ3n) is 5.05. The van der Waals surface area contributed by atoms with E-state index < -0.39 is 0 Å². The van der Waals surface area contributed by atoms with Crippen LogP contribution in [0.5, 0.6) is 0 Å². The molecule has 0 spiro atoms. The monoisotopic (exact) mass is 348 g/mol. The van der Waals surface area contributed by atoms with Gasteiger partial charge in [0.05, 0.1) is 18.4 Å². The lowest BCUT2D eigenvalue weighted by Gasteiger charge is -2.35. The van der Waals surface area contributed by atoms with E-state index in [-0.39, 0.29) is 23.6 Å². The Kier molecular flexibility index (Phi) is 4.16. The van der Waals surface area contributed by atoms with Crippen LogP contribution in [0, 0.1) is 0 Å². The zero-order chi connectivity index (χ0) is 18.1. The summed E-state index contributed by atoms with van der Waals surface area (Å²) >= 11 is 0. The van der Waals surface area contributed by atoms with Crippen LogP contribution in [0.25, 0.3) is 0 Å². The molecule has 0 aliphatic heterocycles. The molecule has 132 valence electrons. The highest BCUT2D eigenvalue weighted by atomic mass is 16.2. The molecule has 26 heavy (non-hydrogen) atoms. The SMILES string of the molecule is Cn1ccc(C(=O)N[C@@H]2c3ccccc3CC[C@H]2n2ccnc2)cc1=O. The van der Waals surface area contributed by atoms with Crippen LogP contribution in [0.4, 0.5) is 0 Å². The zero-order valence-electron chi connectivity index (χ0n) is 14.5. The van der Waals surface area contributed by atoms with Gasteiger partial charge in [-0.25, -0.2) is 4.98 Å². The number of benzene rings is 1. The summed E-state index contributed by atoms with van der Waals surface area (Å²) in [6.45, 7) is 0. The lowest BCUT2D eigenvalue weighted by molar-refractivity contribution is 0.0917. The Morgan fingerprint density at radius 3 is 2.85 bits per heavy atom. The van der Waals surface area contributed by atoms with Gasteiger partial charge in [-0.2, -0.15) is 0 Å². The number of fused-ring (bicyclic) bond motifs is 1. The second-order valence-electron chi connectivity index (χ2n) is 6.63. The van der Waals surface area contributed by atoms with Crippen molar-refractivity contribution < 1.29 is 4.79 Å². The first-order valence-corrected chi connectivity index (χ1v) is 8.66. The van der Waals surface area contributed by atoms with E-state index in [0.717, 1.165) is 18.4 Å². The molecule has 0 unspecified atom stereocenters. The van der Waals surface area contributed by atoms with E-state index in [2.05, 4.69) is 22.4 Å². The number of aromatic nitrogens is 3. The highest BCUT2D eigenvalue weighted by molar-refractivity contribution is 5.94. The van der Waals surface area contributed by atoms with Crippen LogP contribution in [0.2, 0.25) is 0 Å². The normalized spacial score (nSPS) is 19.0. The summed E-state index contributed by atoms with van der Waals surface area (Å²) in [4.78, 5) is 28.8. The Morgan fingerprint density at radius 2 is 2.08 bits per heavy atom. The zero-order valence-corrected chi connectivity index (χ0v) is 14.5. The number of imidazole rings is 1. The first kappa shape index (κ1) is 16.3. The Hall–Kier alpha value is -3.15. The highest BCUT2D eigenvalue weighted by Crippen LogP contribution is 2.37. The second kappa shape index (κ2) is 6.63. The molecule has 1 aliphatic rings. The van der Waals surface area contributed by atoms with Gasteiger partial charge < -0.3 is 14.5 Å². The third kappa shape index (κ3) is 2.94. The number of carbonyl (C=O) groups excluding carboxylic acids is 1. The maximum absolute atomic E-state index is 12.8. The quantitative estimate of drug-likeness (QED) is 0.789. The van der Waals surface area contributed by atoms with Gasteiger partial charge in [-0.1, -0.05) is 24.3 Å². The van der Waals surface area contributed by atoms with Crippen LogP contribution < -0.4 is 10.9 Å². The first-order chi connectivity index (χ1) is 12.6. The summed E-state index contributed by atoms with van der Waals surface area (Å²) in [7, 11) is 1.66. The fourth-order valence-electron chi connectivity index (χ4n) is 3.62. The van der Waals surface area contributed by atoms with E-state index in [1.165, 1.54) is 16.2 Å². The van der Waals surface area contributed by atoms with Crippen molar-refractivity contribution in [1.82, 2.24) is 19.4 Å². The molecule has 2 atom stereocenters. The number of carbonyl (C=O) groups is 1. The van der Waals surface area contributed by atoms with Crippen LogP contribution in [-0.4, -0.2) is 20.0 Å². The standard InChI is InChI=1S/C20H20N4O2/c1-23-10-8-15(12-18(23)25)20(26)22-19-16-5-3-2-4-14(16)6-7-17(19)24-11-9-21-13-24/h2-5,8-13,17,19H,6-7H2,1H3,(H,22,26)/t17-,19-/m1/s1. The van der Waals surface area contributed by atoms with Crippen molar-refractivity contribution in [2.75, 3.05) is 0 Å². The fourth-order valence-corrected chi connectivity index (χ4v) is 3.62. The van der Waals surface area contributed by atoms with E-state index in [0.29, 0.717) is 5.56 Å². The van der Waals surface area contributed by atoms with Crippen molar-refractivity contribution in [3.63, 3.8) is 0 Å². The number of hydrogen-bond donors (Lipinski definition) is 1. The average molecular weight is 348 g/mol. The largest absolute Gasteiger partial charge is 0.343 e. The van der Waals surface area contributed by atoms with Gasteiger partial charge in [0.2, 0.25) is 0 Å². The summed E-state index contributed by atoms with van der Waals surface area (Å²) in [5.41, 5.74) is 2.54. The van der Waals surface area contributed by atoms with E-state index >= 15 is 0 Å². The Bertz CT molecular complexity index is 991. The molecule has 1 amide bonds. The van der Waals surface area contributed by atoms with Crippen molar-refractivity contribution in [1.29, 1.82) is 0 Å². The van der Waals surface area contributed by atoms with Crippen LogP contribution in [0.15, 0.2) is 66.1 Å². The maximum Gasteiger partial charge on any atom is 0.252 e. The summed E-state index contributed by atoms with van der Waals surface area (Å²) in [5.74, 6) is -0.241. The molecule has 0 fully saturated rings. The lowest BCUT2D eigenvalue weighted by atomic mass is 9.83. The Balaban J connectivity index is 1.69. The molecule has 0 bridgehead atoms. The molecule has 0 saturated heterocycles. The van der Waals surface area contributed by atoms with E-state index in [1.807, 2.05) is 22.9 Å². The maximum atomic E-state index is 12.8. The third-order valence-corrected chi connectivity index (χ3v) is 5.05. The molecule has 1 aromatic carbocycles. The van der Waals surface area contributed by atoms with Gasteiger partial charge >= 0.3 is 0 Å². The molecule has 2 aromatic heterocycles. The molecule has 2 heterocycles. The van der Waals surface area contributed by atoms with E-state index in [9.17, 15) is 9.59 Å². The van der Waals surface area contributed by atoms with Gasteiger partial charge in [0.15, 0.2) is 0 Å². The number of nitrogens with zero attached hydrogens (tertiary/aromatic N) is 3. The van der Waals surface area contributed by atoms with E-state index in [1.54, 1.807) is 31.8 Å². The molecule has 0 saturated carbocycles. The Labute approximate surface area is 151 Å². The van der Waals surface area contributed by atoms with Crippen LogP contribution in [0.3, 0.4) is 0 Å². The molecule has 1 aliphatic carbocycles. The van der Waals surface area contributed by atoms with Crippen LogP contribution >= 0.6 is 0 Å². The summed E-state index contributed by atoms with van der Waals surface area (Å²) in [5, 5.41) is 3.14. The Morgan fingerprint density at radius 1 is 1.23 bits per heavy atom. The van der Waals surface area contributed by atoms with Gasteiger partial charge in [0.1, 0.15) is 0 Å². The van der Waals surface area contributed by atoms with Gasteiger partial charge in [0.25, 0.3) is 11.5 Å². The van der Waals surface area contributed by atoms with Crippen molar-refractivity contribution in [3.05, 3.63) is 88.4 Å². The second-order valence-corrected chi connectivity index (χ2v) is 6.63. The minimum absolute atomic E-state index is 0.0860. The molecular weight excluding hydrogens is 328 g/mol. The molecule has 6 nitrogen and oxygen atoms in total. The van der Waals surface area contributed by atoms with Gasteiger partial charge in [-0.15, -0.1) is 0 Å². The lowest BCUT2D eigenvalue weighted by Crippen LogP contribution is -2.37. The van der Waals surface area contributed by atoms with Crippen molar-refractivity contribution in [2.45, 2.75) is 24.9 Å².